The molecule has 11 heavy (non-hydrogen) atoms. The number of hydrogen-bond acceptors (Lipinski definition) is 1. The van der Waals surface area contributed by atoms with Gasteiger partial charge in [-0.05, 0) is 12.3 Å². The van der Waals surface area contributed by atoms with Crippen molar-refractivity contribution in [2.45, 2.75) is 40.0 Å². The monoisotopic (exact) mass is 154 g/mol. The van der Waals surface area contributed by atoms with E-state index in [1.807, 2.05) is 13.8 Å². The highest BCUT2D eigenvalue weighted by atomic mass is 16.1. The zero-order valence-electron chi connectivity index (χ0n) is 7.76. The largest absolute Gasteiger partial charge is 0.303 e. The molecule has 64 valence electrons. The van der Waals surface area contributed by atoms with Gasteiger partial charge in [0.1, 0.15) is 6.29 Å². The van der Waals surface area contributed by atoms with Crippen molar-refractivity contribution in [1.29, 1.82) is 0 Å². The molecule has 0 unspecified atom stereocenters. The van der Waals surface area contributed by atoms with Gasteiger partial charge in [0.25, 0.3) is 0 Å². The number of carbonyl (C=O) groups is 1. The highest BCUT2D eigenvalue weighted by Gasteiger charge is 1.85. The lowest BCUT2D eigenvalue weighted by Gasteiger charge is -1.89. The molecule has 0 saturated carbocycles. The fraction of sp³-hybridized carbons (Fsp3) is 0.700. The highest BCUT2D eigenvalue weighted by molar-refractivity contribution is 5.49. The maximum absolute atomic E-state index is 9.62. The summed E-state index contributed by atoms with van der Waals surface area (Å²) in [5, 5.41) is 0. The van der Waals surface area contributed by atoms with Crippen LogP contribution in [0.4, 0.5) is 0 Å². The number of carbonyl (C=O) groups excluding carboxylic acids is 1. The molecule has 0 aromatic heterocycles. The Morgan fingerprint density at radius 1 is 1.55 bits per heavy atom. The molecule has 1 nitrogen and oxygen atoms in total. The van der Waals surface area contributed by atoms with Crippen molar-refractivity contribution < 1.29 is 4.79 Å². The van der Waals surface area contributed by atoms with Crippen LogP contribution in [-0.4, -0.2) is 6.29 Å². The van der Waals surface area contributed by atoms with Crippen LogP contribution in [0.15, 0.2) is 0 Å². The fourth-order valence-electron chi connectivity index (χ4n) is 0.337. The molecule has 0 N–H and O–H groups in total. The van der Waals surface area contributed by atoms with Crippen LogP contribution in [-0.2, 0) is 4.79 Å². The lowest BCUT2D eigenvalue weighted by molar-refractivity contribution is -0.108. The smallest absolute Gasteiger partial charge is 0.120 e. The summed E-state index contributed by atoms with van der Waals surface area (Å²) < 4.78 is 0. The summed E-state index contributed by atoms with van der Waals surface area (Å²) in [5.74, 6) is 3.05. The average molecular weight is 154 g/mol. The van der Waals surface area contributed by atoms with Crippen molar-refractivity contribution in [2.75, 3.05) is 0 Å². The Hall–Kier alpha value is -0.770. The first kappa shape index (κ1) is 12.9. The van der Waals surface area contributed by atoms with Crippen molar-refractivity contribution in [1.82, 2.24) is 0 Å². The SMILES string of the molecule is C#CCCC.CC(C)CC=O. The van der Waals surface area contributed by atoms with E-state index in [2.05, 4.69) is 12.8 Å². The summed E-state index contributed by atoms with van der Waals surface area (Å²) in [6, 6.07) is 0. The normalized spacial score (nSPS) is 7.91. The Morgan fingerprint density at radius 2 is 2.09 bits per heavy atom. The Balaban J connectivity index is 0. The second-order valence-electron chi connectivity index (χ2n) is 2.75. The summed E-state index contributed by atoms with van der Waals surface area (Å²) in [4.78, 5) is 9.62. The van der Waals surface area contributed by atoms with Crippen LogP contribution in [0, 0.1) is 18.3 Å². The predicted octanol–water partition coefficient (Wildman–Crippen LogP) is 2.65. The first-order valence-electron chi connectivity index (χ1n) is 4.06. The van der Waals surface area contributed by atoms with Crippen LogP contribution in [0.25, 0.3) is 0 Å². The van der Waals surface area contributed by atoms with Crippen LogP contribution in [0.3, 0.4) is 0 Å². The van der Waals surface area contributed by atoms with Crippen LogP contribution >= 0.6 is 0 Å². The molecule has 0 radical (unpaired) electrons. The number of aldehydes is 1. The molecule has 0 atom stereocenters. The highest BCUT2D eigenvalue weighted by Crippen LogP contribution is 1.92. The van der Waals surface area contributed by atoms with Gasteiger partial charge in [-0.2, -0.15) is 0 Å². The third-order valence-corrected chi connectivity index (χ3v) is 0.962. The van der Waals surface area contributed by atoms with Crippen molar-refractivity contribution in [3.8, 4) is 12.3 Å². The zero-order valence-corrected chi connectivity index (χ0v) is 7.76. The first-order chi connectivity index (χ1) is 5.18. The minimum Gasteiger partial charge on any atom is -0.303 e. The average Bonchev–Trinajstić information content (AvgIpc) is 1.90. The van der Waals surface area contributed by atoms with Gasteiger partial charge in [-0.1, -0.05) is 20.8 Å². The molecule has 0 amide bonds. The van der Waals surface area contributed by atoms with Crippen molar-refractivity contribution >= 4 is 6.29 Å². The van der Waals surface area contributed by atoms with Gasteiger partial charge in [0.2, 0.25) is 0 Å². The van der Waals surface area contributed by atoms with E-state index in [9.17, 15) is 4.79 Å². The minimum absolute atomic E-state index is 0.530. The Kier molecular flexibility index (Phi) is 14.0. The van der Waals surface area contributed by atoms with Gasteiger partial charge in [0, 0.05) is 12.8 Å². The number of unbranched alkanes of at least 4 members (excludes halogenated alkanes) is 1. The lowest BCUT2D eigenvalue weighted by Crippen LogP contribution is -1.84. The second-order valence-corrected chi connectivity index (χ2v) is 2.75. The summed E-state index contributed by atoms with van der Waals surface area (Å²) in [5.41, 5.74) is 0. The Labute approximate surface area is 70.2 Å². The zero-order chi connectivity index (χ0) is 9.11. The summed E-state index contributed by atoms with van der Waals surface area (Å²) in [7, 11) is 0. The Bertz CT molecular complexity index is 109. The fourth-order valence-corrected chi connectivity index (χ4v) is 0.337. The maximum atomic E-state index is 9.62. The van der Waals surface area contributed by atoms with Gasteiger partial charge >= 0.3 is 0 Å². The van der Waals surface area contributed by atoms with Gasteiger partial charge < -0.3 is 4.79 Å². The van der Waals surface area contributed by atoms with Crippen LogP contribution in [0.2, 0.25) is 0 Å². The predicted molar refractivity (Wildman–Crippen MR) is 49.3 cm³/mol. The molecular formula is C10H18O. The van der Waals surface area contributed by atoms with E-state index in [0.29, 0.717) is 12.3 Å². The molecule has 1 heteroatoms. The molecule has 0 aromatic rings. The van der Waals surface area contributed by atoms with E-state index in [0.717, 1.165) is 19.1 Å². The van der Waals surface area contributed by atoms with Gasteiger partial charge in [-0.3, -0.25) is 0 Å². The van der Waals surface area contributed by atoms with Crippen LogP contribution in [0.5, 0.6) is 0 Å². The molecule has 0 aliphatic carbocycles. The molecule has 0 aromatic carbocycles. The molecular weight excluding hydrogens is 136 g/mol. The molecule has 0 spiro atoms. The molecule has 0 fully saturated rings. The number of rotatable bonds is 3. The van der Waals surface area contributed by atoms with Crippen molar-refractivity contribution in [3.05, 3.63) is 0 Å². The molecule has 0 rings (SSSR count). The molecule has 0 saturated heterocycles. The van der Waals surface area contributed by atoms with Gasteiger partial charge in [-0.15, -0.1) is 12.3 Å². The molecule has 0 bridgehead atoms. The van der Waals surface area contributed by atoms with Crippen LogP contribution in [0.1, 0.15) is 40.0 Å². The Morgan fingerprint density at radius 3 is 2.09 bits per heavy atom. The van der Waals surface area contributed by atoms with Crippen LogP contribution < -0.4 is 0 Å². The maximum Gasteiger partial charge on any atom is 0.120 e. The number of terminal acetylenes is 1. The third kappa shape index (κ3) is 27.0. The second kappa shape index (κ2) is 12.0. The van der Waals surface area contributed by atoms with E-state index in [4.69, 9.17) is 6.42 Å². The van der Waals surface area contributed by atoms with E-state index < -0.39 is 0 Å². The molecule has 0 aliphatic rings. The third-order valence-electron chi connectivity index (χ3n) is 0.962. The van der Waals surface area contributed by atoms with E-state index in [-0.39, 0.29) is 0 Å². The van der Waals surface area contributed by atoms with E-state index in [1.165, 1.54) is 0 Å². The van der Waals surface area contributed by atoms with Gasteiger partial charge in [0.15, 0.2) is 0 Å². The molecule has 0 heterocycles. The number of hydrogen-bond donors (Lipinski definition) is 0. The van der Waals surface area contributed by atoms with Crippen molar-refractivity contribution in [2.24, 2.45) is 5.92 Å². The standard InChI is InChI=1S/C5H10O.C5H8/c1-5(2)3-4-6;1-3-5-4-2/h4-5H,3H2,1-2H3;1H,4-5H2,2H3. The van der Waals surface area contributed by atoms with E-state index in [1.54, 1.807) is 0 Å². The van der Waals surface area contributed by atoms with Gasteiger partial charge in [-0.25, -0.2) is 0 Å². The van der Waals surface area contributed by atoms with Gasteiger partial charge in [0.05, 0.1) is 0 Å². The summed E-state index contributed by atoms with van der Waals surface area (Å²) in [6.45, 7) is 6.11. The van der Waals surface area contributed by atoms with Crippen molar-refractivity contribution in [3.63, 3.8) is 0 Å². The summed E-state index contributed by atoms with van der Waals surface area (Å²) in [6.07, 6.45) is 8.56. The molecule has 0 aliphatic heterocycles. The quantitative estimate of drug-likeness (QED) is 0.451. The minimum atomic E-state index is 0.530. The summed E-state index contributed by atoms with van der Waals surface area (Å²) >= 11 is 0. The lowest BCUT2D eigenvalue weighted by atomic mass is 10.2. The van der Waals surface area contributed by atoms with E-state index >= 15 is 0 Å². The first-order valence-corrected chi connectivity index (χ1v) is 4.06. The topological polar surface area (TPSA) is 17.1 Å².